The Balaban J connectivity index is 1.47. The van der Waals surface area contributed by atoms with E-state index in [1.807, 2.05) is 60.1 Å². The lowest BCUT2D eigenvalue weighted by Crippen LogP contribution is -2.19. The fraction of sp³-hybridized carbons (Fsp3) is 0.143. The minimum Gasteiger partial charge on any atom is -0.338 e. The van der Waals surface area contributed by atoms with Crippen LogP contribution in [0.2, 0.25) is 0 Å². The third-order valence-electron chi connectivity index (χ3n) is 4.66. The van der Waals surface area contributed by atoms with Gasteiger partial charge in [-0.05, 0) is 18.4 Å². The Morgan fingerprint density at radius 2 is 1.93 bits per heavy atom. The van der Waals surface area contributed by atoms with Gasteiger partial charge in [0.05, 0.1) is 10.6 Å². The van der Waals surface area contributed by atoms with Crippen molar-refractivity contribution in [1.29, 1.82) is 0 Å². The van der Waals surface area contributed by atoms with Crippen LogP contribution in [0.1, 0.15) is 18.1 Å². The van der Waals surface area contributed by atoms with Gasteiger partial charge >= 0.3 is 0 Å². The molecule has 0 saturated carbocycles. The van der Waals surface area contributed by atoms with Crippen molar-refractivity contribution in [2.24, 2.45) is 7.05 Å². The van der Waals surface area contributed by atoms with Crippen LogP contribution in [0.4, 0.5) is 0 Å². The van der Waals surface area contributed by atoms with Gasteiger partial charge in [-0.1, -0.05) is 53.3 Å². The number of thiophene rings is 2. The van der Waals surface area contributed by atoms with E-state index in [9.17, 15) is 4.79 Å². The molecule has 1 aromatic carbocycles. The normalized spacial score (nSPS) is 12.5. The van der Waals surface area contributed by atoms with Gasteiger partial charge in [0, 0.05) is 28.4 Å². The van der Waals surface area contributed by atoms with Crippen LogP contribution in [0.25, 0.3) is 32.0 Å². The molecule has 0 aliphatic rings. The molecule has 4 aromatic heterocycles. The molecule has 5 rings (SSSR count). The summed E-state index contributed by atoms with van der Waals surface area (Å²) in [6, 6.07) is 13.7. The smallest absolute Gasteiger partial charge is 0.263 e. The Kier molecular flexibility index (Phi) is 5.01. The van der Waals surface area contributed by atoms with Crippen molar-refractivity contribution in [1.82, 2.24) is 19.7 Å². The molecule has 150 valence electrons. The molecule has 0 spiro atoms. The van der Waals surface area contributed by atoms with E-state index in [0.717, 1.165) is 20.8 Å². The molecule has 30 heavy (non-hydrogen) atoms. The third kappa shape index (κ3) is 3.38. The second-order valence-electron chi connectivity index (χ2n) is 6.65. The maximum atomic E-state index is 13.1. The maximum absolute atomic E-state index is 13.1. The van der Waals surface area contributed by atoms with E-state index in [4.69, 9.17) is 9.51 Å². The van der Waals surface area contributed by atoms with Crippen molar-refractivity contribution < 1.29 is 4.52 Å². The van der Waals surface area contributed by atoms with Gasteiger partial charge in [0.2, 0.25) is 11.7 Å². The van der Waals surface area contributed by atoms with Crippen LogP contribution < -0.4 is 5.56 Å². The highest BCUT2D eigenvalue weighted by atomic mass is 32.2. The van der Waals surface area contributed by atoms with Crippen molar-refractivity contribution >= 4 is 44.7 Å². The molecular formula is C21H16N4O2S3. The van der Waals surface area contributed by atoms with Crippen LogP contribution >= 0.6 is 34.4 Å². The number of rotatable bonds is 5. The van der Waals surface area contributed by atoms with Gasteiger partial charge in [-0.25, -0.2) is 4.98 Å². The Morgan fingerprint density at radius 3 is 2.70 bits per heavy atom. The van der Waals surface area contributed by atoms with E-state index in [2.05, 4.69) is 10.1 Å². The topological polar surface area (TPSA) is 73.8 Å². The number of hydrogen-bond donors (Lipinski definition) is 0. The Bertz CT molecular complexity index is 1370. The second kappa shape index (κ2) is 7.82. The standard InChI is InChI=1S/C21H16N4O2S3/c1-12(18-22-17(24-27-18)13-7-4-3-5-8-13)30-21-23-19-16(20(26)25(21)2)14(11-29-19)15-9-6-10-28-15/h3-12H,1-2H3. The Hall–Kier alpha value is -2.75. The average molecular weight is 453 g/mol. The highest BCUT2D eigenvalue weighted by Crippen LogP contribution is 2.37. The van der Waals surface area contributed by atoms with Crippen molar-refractivity contribution in [3.05, 3.63) is 69.5 Å². The SMILES string of the molecule is CC(Sc1nc2scc(-c3cccs3)c2c(=O)n1C)c1nc(-c2ccccc2)no1. The number of aromatic nitrogens is 4. The lowest BCUT2D eigenvalue weighted by molar-refractivity contribution is 0.380. The quantitative estimate of drug-likeness (QED) is 0.254. The van der Waals surface area contributed by atoms with Gasteiger partial charge in [0.25, 0.3) is 5.56 Å². The summed E-state index contributed by atoms with van der Waals surface area (Å²) in [7, 11) is 1.75. The fourth-order valence-electron chi connectivity index (χ4n) is 3.08. The molecule has 5 aromatic rings. The van der Waals surface area contributed by atoms with Crippen molar-refractivity contribution in [3.63, 3.8) is 0 Å². The summed E-state index contributed by atoms with van der Waals surface area (Å²) in [5.74, 6) is 1.05. The van der Waals surface area contributed by atoms with Crippen LogP contribution in [-0.4, -0.2) is 19.7 Å². The van der Waals surface area contributed by atoms with Crippen LogP contribution in [0.15, 0.2) is 67.7 Å². The van der Waals surface area contributed by atoms with Crippen LogP contribution in [-0.2, 0) is 7.05 Å². The van der Waals surface area contributed by atoms with E-state index >= 15 is 0 Å². The number of nitrogens with zero attached hydrogens (tertiary/aromatic N) is 4. The van der Waals surface area contributed by atoms with Crippen molar-refractivity contribution in [3.8, 4) is 21.8 Å². The van der Waals surface area contributed by atoms with Crippen molar-refractivity contribution in [2.45, 2.75) is 17.3 Å². The summed E-state index contributed by atoms with van der Waals surface area (Å²) >= 11 is 4.54. The molecule has 0 fully saturated rings. The number of hydrogen-bond acceptors (Lipinski definition) is 8. The number of benzene rings is 1. The summed E-state index contributed by atoms with van der Waals surface area (Å²) < 4.78 is 7.07. The summed E-state index contributed by atoms with van der Waals surface area (Å²) in [4.78, 5) is 24.2. The summed E-state index contributed by atoms with van der Waals surface area (Å²) in [6.45, 7) is 1.97. The zero-order valence-corrected chi connectivity index (χ0v) is 18.6. The highest BCUT2D eigenvalue weighted by molar-refractivity contribution is 7.99. The molecule has 4 heterocycles. The van der Waals surface area contributed by atoms with E-state index in [0.29, 0.717) is 22.3 Å². The Labute approximate surface area is 184 Å². The molecule has 0 amide bonds. The zero-order valence-electron chi connectivity index (χ0n) is 16.1. The first-order chi connectivity index (χ1) is 14.6. The molecule has 0 saturated heterocycles. The molecule has 1 unspecified atom stereocenters. The molecule has 0 aliphatic carbocycles. The summed E-state index contributed by atoms with van der Waals surface area (Å²) in [5, 5.41) is 9.25. The van der Waals surface area contributed by atoms with Gasteiger partial charge in [0.15, 0.2) is 5.16 Å². The maximum Gasteiger partial charge on any atom is 0.263 e. The van der Waals surface area contributed by atoms with Crippen LogP contribution in [0, 0.1) is 0 Å². The average Bonchev–Trinajstić information content (AvgIpc) is 3.52. The largest absolute Gasteiger partial charge is 0.338 e. The molecule has 9 heteroatoms. The molecule has 0 radical (unpaired) electrons. The van der Waals surface area contributed by atoms with E-state index in [1.165, 1.54) is 23.1 Å². The van der Waals surface area contributed by atoms with Gasteiger partial charge in [-0.15, -0.1) is 22.7 Å². The monoisotopic (exact) mass is 452 g/mol. The predicted octanol–water partition coefficient (Wildman–Crippen LogP) is 5.63. The molecule has 0 bridgehead atoms. The lowest BCUT2D eigenvalue weighted by Gasteiger charge is -2.10. The summed E-state index contributed by atoms with van der Waals surface area (Å²) in [6.07, 6.45) is 0. The first-order valence-corrected chi connectivity index (χ1v) is 11.8. The highest BCUT2D eigenvalue weighted by Gasteiger charge is 2.21. The fourth-order valence-corrected chi connectivity index (χ4v) is 5.79. The first-order valence-electron chi connectivity index (χ1n) is 9.19. The molecular weight excluding hydrogens is 436 g/mol. The molecule has 0 N–H and O–H groups in total. The van der Waals surface area contributed by atoms with Crippen LogP contribution in [0.3, 0.4) is 0 Å². The van der Waals surface area contributed by atoms with Crippen LogP contribution in [0.5, 0.6) is 0 Å². The predicted molar refractivity (Wildman–Crippen MR) is 122 cm³/mol. The zero-order chi connectivity index (χ0) is 20.7. The number of fused-ring (bicyclic) bond motifs is 1. The molecule has 1 atom stereocenters. The summed E-state index contributed by atoms with van der Waals surface area (Å²) in [5.41, 5.74) is 1.80. The van der Waals surface area contributed by atoms with E-state index < -0.39 is 0 Å². The van der Waals surface area contributed by atoms with E-state index in [-0.39, 0.29) is 10.8 Å². The third-order valence-corrected chi connectivity index (χ3v) is 7.57. The number of thioether (sulfide) groups is 1. The minimum absolute atomic E-state index is 0.0464. The Morgan fingerprint density at radius 1 is 1.10 bits per heavy atom. The van der Waals surface area contributed by atoms with Gasteiger partial charge in [-0.3, -0.25) is 9.36 Å². The lowest BCUT2D eigenvalue weighted by atomic mass is 10.2. The molecule has 6 nitrogen and oxygen atoms in total. The molecule has 0 aliphatic heterocycles. The van der Waals surface area contributed by atoms with Gasteiger partial charge in [-0.2, -0.15) is 4.98 Å². The first kappa shape index (κ1) is 19.2. The van der Waals surface area contributed by atoms with Gasteiger partial charge in [0.1, 0.15) is 4.83 Å². The minimum atomic E-state index is -0.151. The van der Waals surface area contributed by atoms with Crippen molar-refractivity contribution in [2.75, 3.05) is 0 Å². The van der Waals surface area contributed by atoms with E-state index in [1.54, 1.807) is 23.0 Å². The van der Waals surface area contributed by atoms with Gasteiger partial charge < -0.3 is 4.52 Å². The second-order valence-corrected chi connectivity index (χ2v) is 9.76.